The zero-order chi connectivity index (χ0) is 24.6. The molecule has 0 saturated heterocycles. The van der Waals surface area contributed by atoms with Crippen molar-refractivity contribution in [2.45, 2.75) is 11.7 Å². The summed E-state index contributed by atoms with van der Waals surface area (Å²) in [5.74, 6) is -0.594. The first-order valence-corrected chi connectivity index (χ1v) is 11.6. The van der Waals surface area contributed by atoms with Crippen molar-refractivity contribution >= 4 is 29.3 Å². The summed E-state index contributed by atoms with van der Waals surface area (Å²) >= 11 is 1.28. The maximum Gasteiger partial charge on any atom is 0.251 e. The monoisotopic (exact) mass is 485 g/mol. The third-order valence-corrected chi connectivity index (χ3v) is 5.98. The number of amides is 2. The molecule has 1 heterocycles. The number of anilines is 1. The summed E-state index contributed by atoms with van der Waals surface area (Å²) < 4.78 is 14.8. The molecule has 1 aromatic heterocycles. The van der Waals surface area contributed by atoms with Crippen molar-refractivity contribution in [1.82, 2.24) is 14.9 Å². The zero-order valence-electron chi connectivity index (χ0n) is 18.4. The van der Waals surface area contributed by atoms with Crippen LogP contribution in [0.2, 0.25) is 0 Å². The number of thioether (sulfide) groups is 1. The molecule has 2 N–H and O–H groups in total. The summed E-state index contributed by atoms with van der Waals surface area (Å²) in [6.45, 7) is 0.299. The van der Waals surface area contributed by atoms with E-state index in [0.717, 1.165) is 11.3 Å². The molecule has 0 fully saturated rings. The summed E-state index contributed by atoms with van der Waals surface area (Å²) in [4.78, 5) is 29.1. The van der Waals surface area contributed by atoms with Gasteiger partial charge in [0.25, 0.3) is 5.91 Å². The van der Waals surface area contributed by atoms with Crippen LogP contribution >= 0.6 is 11.8 Å². The number of nitriles is 1. The van der Waals surface area contributed by atoms with Gasteiger partial charge in [0.1, 0.15) is 5.82 Å². The Morgan fingerprint density at radius 3 is 2.40 bits per heavy atom. The number of rotatable bonds is 8. The minimum atomic E-state index is -0.320. The average Bonchev–Trinajstić information content (AvgIpc) is 3.36. The Hall–Kier alpha value is -4.42. The molecule has 3 aromatic carbocycles. The first-order valence-electron chi connectivity index (χ1n) is 10.6. The van der Waals surface area contributed by atoms with Crippen LogP contribution in [0.3, 0.4) is 0 Å². The van der Waals surface area contributed by atoms with Crippen LogP contribution in [0.1, 0.15) is 21.5 Å². The van der Waals surface area contributed by atoms with E-state index < -0.39 is 0 Å². The molecule has 0 spiro atoms. The molecule has 0 unspecified atom stereocenters. The number of carbonyl (C=O) groups is 2. The van der Waals surface area contributed by atoms with Gasteiger partial charge in [-0.2, -0.15) is 5.26 Å². The Labute approximate surface area is 205 Å². The lowest BCUT2D eigenvalue weighted by Crippen LogP contribution is -2.22. The normalized spacial score (nSPS) is 10.4. The second-order valence-electron chi connectivity index (χ2n) is 7.46. The highest BCUT2D eigenvalue weighted by Gasteiger charge is 2.11. The largest absolute Gasteiger partial charge is 0.348 e. The minimum absolute atomic E-state index is 0.154. The van der Waals surface area contributed by atoms with Crippen LogP contribution < -0.4 is 10.6 Å². The van der Waals surface area contributed by atoms with Crippen molar-refractivity contribution in [2.24, 2.45) is 0 Å². The third-order valence-electron chi connectivity index (χ3n) is 5.01. The van der Waals surface area contributed by atoms with E-state index in [1.54, 1.807) is 73.1 Å². The first kappa shape index (κ1) is 23.7. The van der Waals surface area contributed by atoms with Crippen LogP contribution in [0.5, 0.6) is 0 Å². The van der Waals surface area contributed by atoms with Crippen LogP contribution in [0.15, 0.2) is 90.3 Å². The summed E-state index contributed by atoms with van der Waals surface area (Å²) in [7, 11) is 0. The lowest BCUT2D eigenvalue weighted by atomic mass is 10.1. The highest BCUT2D eigenvalue weighted by atomic mass is 32.2. The minimum Gasteiger partial charge on any atom is -0.348 e. The molecule has 4 rings (SSSR count). The van der Waals surface area contributed by atoms with Gasteiger partial charge >= 0.3 is 0 Å². The molecule has 2 amide bonds. The predicted molar refractivity (Wildman–Crippen MR) is 132 cm³/mol. The van der Waals surface area contributed by atoms with Gasteiger partial charge in [0.05, 0.1) is 17.4 Å². The SMILES string of the molecule is N#Cc1ccc(NC(=O)CSc2nccn2-c2ccc(C(=O)NCc3ccc(F)cc3)cc2)cc1. The van der Waals surface area contributed by atoms with Gasteiger partial charge in [0, 0.05) is 35.9 Å². The molecular weight excluding hydrogens is 465 g/mol. The molecule has 0 saturated carbocycles. The zero-order valence-corrected chi connectivity index (χ0v) is 19.3. The van der Waals surface area contributed by atoms with E-state index in [0.29, 0.717) is 28.5 Å². The fourth-order valence-electron chi connectivity index (χ4n) is 3.21. The van der Waals surface area contributed by atoms with Gasteiger partial charge in [-0.05, 0) is 66.2 Å². The molecule has 9 heteroatoms. The maximum atomic E-state index is 13.0. The maximum absolute atomic E-state index is 13.0. The van der Waals surface area contributed by atoms with Crippen molar-refractivity contribution in [2.75, 3.05) is 11.1 Å². The number of hydrogen-bond acceptors (Lipinski definition) is 5. The second-order valence-corrected chi connectivity index (χ2v) is 8.40. The molecule has 0 aliphatic carbocycles. The highest BCUT2D eigenvalue weighted by Crippen LogP contribution is 2.21. The molecule has 0 aliphatic rings. The number of benzene rings is 3. The van der Waals surface area contributed by atoms with E-state index in [9.17, 15) is 14.0 Å². The molecule has 174 valence electrons. The van der Waals surface area contributed by atoms with Gasteiger partial charge in [-0.3, -0.25) is 14.2 Å². The number of imidazole rings is 1. The standard InChI is InChI=1S/C26H20FN5O2S/c27-21-7-1-19(2-8-21)16-30-25(34)20-5-11-23(12-6-20)32-14-13-29-26(32)35-17-24(33)31-22-9-3-18(15-28)4-10-22/h1-14H,16-17H2,(H,30,34)(H,31,33). The third kappa shape index (κ3) is 6.34. The van der Waals surface area contributed by atoms with E-state index in [-0.39, 0.29) is 23.4 Å². The second kappa shape index (κ2) is 11.1. The van der Waals surface area contributed by atoms with Gasteiger partial charge in [0.15, 0.2) is 5.16 Å². The van der Waals surface area contributed by atoms with Crippen LogP contribution in [-0.4, -0.2) is 27.1 Å². The first-order chi connectivity index (χ1) is 17.0. The summed E-state index contributed by atoms with van der Waals surface area (Å²) in [6, 6.07) is 21.7. The number of aromatic nitrogens is 2. The summed E-state index contributed by atoms with van der Waals surface area (Å²) in [5, 5.41) is 15.1. The topological polar surface area (TPSA) is 99.8 Å². The predicted octanol–water partition coefficient (Wildman–Crippen LogP) is 4.54. The number of nitrogens with one attached hydrogen (secondary N) is 2. The van der Waals surface area contributed by atoms with Gasteiger partial charge in [0.2, 0.25) is 5.91 Å². The van der Waals surface area contributed by atoms with E-state index in [1.807, 2.05) is 10.6 Å². The fraction of sp³-hybridized carbons (Fsp3) is 0.0769. The lowest BCUT2D eigenvalue weighted by molar-refractivity contribution is -0.113. The van der Waals surface area contributed by atoms with Gasteiger partial charge in [-0.15, -0.1) is 0 Å². The van der Waals surface area contributed by atoms with E-state index in [1.165, 1.54) is 23.9 Å². The molecule has 0 aliphatic heterocycles. The smallest absolute Gasteiger partial charge is 0.251 e. The van der Waals surface area contributed by atoms with Gasteiger partial charge in [-0.25, -0.2) is 9.37 Å². The quantitative estimate of drug-likeness (QED) is 0.357. The van der Waals surface area contributed by atoms with E-state index >= 15 is 0 Å². The van der Waals surface area contributed by atoms with Crippen molar-refractivity contribution in [3.8, 4) is 11.8 Å². The number of hydrogen-bond donors (Lipinski definition) is 2. The molecular formula is C26H20FN5O2S. The molecule has 0 radical (unpaired) electrons. The van der Waals surface area contributed by atoms with Gasteiger partial charge < -0.3 is 10.6 Å². The Morgan fingerprint density at radius 2 is 1.71 bits per heavy atom. The Kier molecular flexibility index (Phi) is 7.55. The Morgan fingerprint density at radius 1 is 1.00 bits per heavy atom. The van der Waals surface area contributed by atoms with Crippen molar-refractivity contribution in [3.63, 3.8) is 0 Å². The van der Waals surface area contributed by atoms with Crippen LogP contribution in [0.4, 0.5) is 10.1 Å². The van der Waals surface area contributed by atoms with Crippen LogP contribution in [-0.2, 0) is 11.3 Å². The Balaban J connectivity index is 1.33. The highest BCUT2D eigenvalue weighted by molar-refractivity contribution is 7.99. The van der Waals surface area contributed by atoms with E-state index in [2.05, 4.69) is 15.6 Å². The van der Waals surface area contributed by atoms with Crippen molar-refractivity contribution in [3.05, 3.63) is 108 Å². The van der Waals surface area contributed by atoms with Crippen molar-refractivity contribution < 1.29 is 14.0 Å². The summed E-state index contributed by atoms with van der Waals surface area (Å²) in [6.07, 6.45) is 3.43. The number of nitrogens with zero attached hydrogens (tertiary/aromatic N) is 3. The number of halogens is 1. The van der Waals surface area contributed by atoms with Gasteiger partial charge in [-0.1, -0.05) is 23.9 Å². The molecule has 35 heavy (non-hydrogen) atoms. The molecule has 0 atom stereocenters. The Bertz CT molecular complexity index is 1360. The van der Waals surface area contributed by atoms with Crippen molar-refractivity contribution in [1.29, 1.82) is 5.26 Å². The van der Waals surface area contributed by atoms with E-state index in [4.69, 9.17) is 5.26 Å². The fourth-order valence-corrected chi connectivity index (χ4v) is 3.98. The van der Waals surface area contributed by atoms with Crippen LogP contribution in [0, 0.1) is 17.1 Å². The summed E-state index contributed by atoms with van der Waals surface area (Å²) in [5.41, 5.74) is 3.24. The van der Waals surface area contributed by atoms with Crippen LogP contribution in [0.25, 0.3) is 5.69 Å². The number of carbonyl (C=O) groups excluding carboxylic acids is 2. The lowest BCUT2D eigenvalue weighted by Gasteiger charge is -2.10. The average molecular weight is 486 g/mol. The molecule has 7 nitrogen and oxygen atoms in total. The molecule has 4 aromatic rings. The molecule has 0 bridgehead atoms.